The van der Waals surface area contributed by atoms with Crippen LogP contribution in [0.3, 0.4) is 0 Å². The molecule has 5 nitrogen and oxygen atoms in total. The van der Waals surface area contributed by atoms with Gasteiger partial charge in [0.15, 0.2) is 5.17 Å². The van der Waals surface area contributed by atoms with Gasteiger partial charge < -0.3 is 5.32 Å². The number of thiocarbonyl (C=S) groups is 1. The second-order valence-electron chi connectivity index (χ2n) is 5.22. The van der Waals surface area contributed by atoms with Crippen molar-refractivity contribution in [2.24, 2.45) is 4.99 Å². The summed E-state index contributed by atoms with van der Waals surface area (Å²) in [6, 6.07) is 7.68. The fraction of sp³-hybridized carbons (Fsp3) is 0.250. The van der Waals surface area contributed by atoms with E-state index in [0.29, 0.717) is 14.4 Å². The van der Waals surface area contributed by atoms with Gasteiger partial charge in [-0.05, 0) is 23.8 Å². The van der Waals surface area contributed by atoms with Crippen molar-refractivity contribution in [3.8, 4) is 0 Å². The highest BCUT2D eigenvalue weighted by molar-refractivity contribution is 9.10. The molecule has 25 heavy (non-hydrogen) atoms. The Morgan fingerprint density at radius 2 is 2.32 bits per heavy atom. The SMILES string of the molecule is O=C(CCN1C(=O)C(=Cc2cccc(Br)c2)SC1=S)NC1=NCCS1. The largest absolute Gasteiger partial charge is 0.305 e. The number of carbonyl (C=O) groups is 2. The van der Waals surface area contributed by atoms with Crippen LogP contribution in [-0.4, -0.2) is 45.0 Å². The van der Waals surface area contributed by atoms with Crippen molar-refractivity contribution in [2.45, 2.75) is 6.42 Å². The molecule has 0 radical (unpaired) electrons. The molecule has 0 aromatic heterocycles. The fourth-order valence-electron chi connectivity index (χ4n) is 2.25. The minimum Gasteiger partial charge on any atom is -0.305 e. The number of hydrogen-bond acceptors (Lipinski definition) is 6. The molecule has 1 saturated heterocycles. The van der Waals surface area contributed by atoms with E-state index >= 15 is 0 Å². The van der Waals surface area contributed by atoms with E-state index in [1.165, 1.54) is 28.4 Å². The molecule has 1 aromatic carbocycles. The first-order valence-electron chi connectivity index (χ1n) is 7.51. The number of amidine groups is 1. The average molecular weight is 456 g/mol. The first-order valence-corrected chi connectivity index (χ1v) is 10.5. The highest BCUT2D eigenvalue weighted by Crippen LogP contribution is 2.32. The van der Waals surface area contributed by atoms with Crippen LogP contribution in [0.1, 0.15) is 12.0 Å². The lowest BCUT2D eigenvalue weighted by atomic mass is 10.2. The molecule has 3 rings (SSSR count). The quantitative estimate of drug-likeness (QED) is 0.557. The molecular weight excluding hydrogens is 442 g/mol. The van der Waals surface area contributed by atoms with E-state index < -0.39 is 0 Å². The number of hydrogen-bond donors (Lipinski definition) is 1. The number of rotatable bonds is 4. The van der Waals surface area contributed by atoms with Gasteiger partial charge in [-0.25, -0.2) is 0 Å². The van der Waals surface area contributed by atoms with Gasteiger partial charge >= 0.3 is 0 Å². The van der Waals surface area contributed by atoms with Crippen LogP contribution in [0.15, 0.2) is 38.6 Å². The molecule has 0 aliphatic carbocycles. The molecule has 1 N–H and O–H groups in total. The van der Waals surface area contributed by atoms with Crippen LogP contribution in [0.25, 0.3) is 6.08 Å². The zero-order valence-corrected chi connectivity index (χ0v) is 17.1. The number of aliphatic imine (C=N–C) groups is 1. The zero-order valence-electron chi connectivity index (χ0n) is 13.0. The van der Waals surface area contributed by atoms with Crippen molar-refractivity contribution in [1.82, 2.24) is 10.2 Å². The summed E-state index contributed by atoms with van der Waals surface area (Å²) < 4.78 is 1.42. The summed E-state index contributed by atoms with van der Waals surface area (Å²) in [5, 5.41) is 3.41. The normalized spacial score (nSPS) is 18.8. The van der Waals surface area contributed by atoms with E-state index in [1.807, 2.05) is 30.3 Å². The number of amides is 2. The smallest absolute Gasteiger partial charge is 0.266 e. The predicted octanol–water partition coefficient (Wildman–Crippen LogP) is 3.26. The Labute approximate surface area is 167 Å². The van der Waals surface area contributed by atoms with Gasteiger partial charge in [-0.1, -0.05) is 63.8 Å². The molecule has 1 aromatic rings. The van der Waals surface area contributed by atoms with Crippen molar-refractivity contribution < 1.29 is 9.59 Å². The molecule has 0 bridgehead atoms. The van der Waals surface area contributed by atoms with Crippen molar-refractivity contribution >= 4 is 79.1 Å². The third-order valence-corrected chi connectivity index (χ3v) is 6.18. The lowest BCUT2D eigenvalue weighted by Gasteiger charge is -2.13. The highest BCUT2D eigenvalue weighted by atomic mass is 79.9. The summed E-state index contributed by atoms with van der Waals surface area (Å²) in [5.41, 5.74) is 0.920. The molecule has 0 unspecified atom stereocenters. The molecule has 0 saturated carbocycles. The van der Waals surface area contributed by atoms with Crippen molar-refractivity contribution in [3.05, 3.63) is 39.2 Å². The Bertz CT molecular complexity index is 795. The van der Waals surface area contributed by atoms with Crippen molar-refractivity contribution in [1.29, 1.82) is 0 Å². The highest BCUT2D eigenvalue weighted by Gasteiger charge is 2.32. The molecule has 0 spiro atoms. The van der Waals surface area contributed by atoms with E-state index in [0.717, 1.165) is 22.3 Å². The van der Waals surface area contributed by atoms with Crippen LogP contribution in [0, 0.1) is 0 Å². The molecule has 2 aliphatic rings. The second-order valence-corrected chi connectivity index (χ2v) is 8.90. The zero-order chi connectivity index (χ0) is 17.8. The van der Waals surface area contributed by atoms with Crippen LogP contribution < -0.4 is 5.32 Å². The van der Waals surface area contributed by atoms with Gasteiger partial charge in [-0.3, -0.25) is 19.5 Å². The topological polar surface area (TPSA) is 61.8 Å². The summed E-state index contributed by atoms with van der Waals surface area (Å²) in [6.07, 6.45) is 2.00. The van der Waals surface area contributed by atoms with Gasteiger partial charge in [-0.15, -0.1) is 0 Å². The van der Waals surface area contributed by atoms with Gasteiger partial charge in [0.25, 0.3) is 5.91 Å². The Kier molecular flexibility index (Phi) is 6.32. The molecule has 9 heteroatoms. The minimum absolute atomic E-state index is 0.154. The van der Waals surface area contributed by atoms with E-state index in [9.17, 15) is 9.59 Å². The minimum atomic E-state index is -0.157. The number of nitrogens with one attached hydrogen (secondary N) is 1. The molecule has 2 aliphatic heterocycles. The maximum atomic E-state index is 12.5. The predicted molar refractivity (Wildman–Crippen MR) is 112 cm³/mol. The molecule has 2 amide bonds. The summed E-state index contributed by atoms with van der Waals surface area (Å²) in [6.45, 7) is 1.000. The van der Waals surface area contributed by atoms with Crippen molar-refractivity contribution in [3.63, 3.8) is 0 Å². The van der Waals surface area contributed by atoms with Crippen LogP contribution >= 0.6 is 51.7 Å². The Balaban J connectivity index is 1.60. The molecule has 2 heterocycles. The van der Waals surface area contributed by atoms with Gasteiger partial charge in [-0.2, -0.15) is 0 Å². The van der Waals surface area contributed by atoms with Crippen LogP contribution in [0.4, 0.5) is 0 Å². The maximum absolute atomic E-state index is 12.5. The summed E-state index contributed by atoms with van der Waals surface area (Å²) in [5.74, 6) is 0.582. The van der Waals surface area contributed by atoms with Crippen LogP contribution in [-0.2, 0) is 9.59 Å². The molecular formula is C16H14BrN3O2S3. The number of nitrogens with zero attached hydrogens (tertiary/aromatic N) is 2. The first kappa shape index (κ1) is 18.6. The average Bonchev–Trinajstić information content (AvgIpc) is 3.15. The third kappa shape index (κ3) is 4.93. The maximum Gasteiger partial charge on any atom is 0.266 e. The number of benzene rings is 1. The summed E-state index contributed by atoms with van der Waals surface area (Å²) in [7, 11) is 0. The fourth-order valence-corrected chi connectivity index (χ4v) is 4.72. The van der Waals surface area contributed by atoms with E-state index in [2.05, 4.69) is 26.2 Å². The van der Waals surface area contributed by atoms with Gasteiger partial charge in [0.05, 0.1) is 11.4 Å². The van der Waals surface area contributed by atoms with Gasteiger partial charge in [0, 0.05) is 23.2 Å². The standard InChI is InChI=1S/C16H14BrN3O2S3/c17-11-3-1-2-10(8-11)9-12-14(22)20(16(23)25-12)6-4-13(21)19-15-18-5-7-24-15/h1-3,8-9H,4-7H2,(H,18,19,21). The molecule has 1 fully saturated rings. The Morgan fingerprint density at radius 3 is 3.04 bits per heavy atom. The number of thioether (sulfide) groups is 2. The first-order chi connectivity index (χ1) is 12.0. The lowest BCUT2D eigenvalue weighted by molar-refractivity contribution is -0.123. The Hall–Kier alpha value is -1.16. The molecule has 130 valence electrons. The third-order valence-electron chi connectivity index (χ3n) is 3.41. The summed E-state index contributed by atoms with van der Waals surface area (Å²) in [4.78, 5) is 30.7. The van der Waals surface area contributed by atoms with Gasteiger partial charge in [0.2, 0.25) is 5.91 Å². The Morgan fingerprint density at radius 1 is 1.48 bits per heavy atom. The summed E-state index contributed by atoms with van der Waals surface area (Å²) >= 11 is 11.5. The number of halogens is 1. The van der Waals surface area contributed by atoms with Crippen LogP contribution in [0.5, 0.6) is 0 Å². The van der Waals surface area contributed by atoms with Crippen molar-refractivity contribution in [2.75, 3.05) is 18.8 Å². The molecule has 0 atom stereocenters. The van der Waals surface area contributed by atoms with E-state index in [1.54, 1.807) is 0 Å². The monoisotopic (exact) mass is 455 g/mol. The second kappa shape index (κ2) is 8.48. The number of carbonyl (C=O) groups excluding carboxylic acids is 2. The van der Waals surface area contributed by atoms with Gasteiger partial charge in [0.1, 0.15) is 4.32 Å². The van der Waals surface area contributed by atoms with Crippen LogP contribution in [0.2, 0.25) is 0 Å². The van der Waals surface area contributed by atoms with E-state index in [-0.39, 0.29) is 24.8 Å². The van der Waals surface area contributed by atoms with E-state index in [4.69, 9.17) is 12.2 Å². The lowest BCUT2D eigenvalue weighted by Crippen LogP contribution is -2.34.